The third kappa shape index (κ3) is 1.14. The maximum atomic E-state index is 11.7. The van der Waals surface area contributed by atoms with E-state index in [1.54, 1.807) is 0 Å². The molecule has 0 heterocycles. The summed E-state index contributed by atoms with van der Waals surface area (Å²) in [5.74, 6) is -0.875. The van der Waals surface area contributed by atoms with Crippen molar-refractivity contribution in [1.82, 2.24) is 0 Å². The largest absolute Gasteiger partial charge is 0.468 e. The minimum atomic E-state index is -1.05. The molecular formula is C11H14O4. The second-order valence-electron chi connectivity index (χ2n) is 3.99. The first-order valence-electron chi connectivity index (χ1n) is 5.03. The number of hydrogen-bond donors (Lipinski definition) is 0. The van der Waals surface area contributed by atoms with E-state index in [-0.39, 0.29) is 11.8 Å². The molecule has 0 N–H and O–H groups in total. The van der Waals surface area contributed by atoms with Crippen LogP contribution in [0.25, 0.3) is 0 Å². The van der Waals surface area contributed by atoms with Gasteiger partial charge in [-0.05, 0) is 18.8 Å². The van der Waals surface area contributed by atoms with Gasteiger partial charge < -0.3 is 9.47 Å². The maximum Gasteiger partial charge on any atom is 0.324 e. The number of hydrogen-bond acceptors (Lipinski definition) is 4. The molecule has 4 nitrogen and oxygen atoms in total. The van der Waals surface area contributed by atoms with Crippen molar-refractivity contribution < 1.29 is 19.1 Å². The summed E-state index contributed by atoms with van der Waals surface area (Å²) in [5.41, 5.74) is -1.05. The van der Waals surface area contributed by atoms with E-state index in [2.05, 4.69) is 0 Å². The Labute approximate surface area is 88.2 Å². The lowest BCUT2D eigenvalue weighted by Crippen LogP contribution is -2.31. The highest BCUT2D eigenvalue weighted by Gasteiger charge is 2.75. The molecule has 2 rings (SSSR count). The van der Waals surface area contributed by atoms with E-state index < -0.39 is 17.4 Å². The summed E-state index contributed by atoms with van der Waals surface area (Å²) < 4.78 is 9.44. The molecule has 0 aliphatic heterocycles. The predicted octanol–water partition coefficient (Wildman–Crippen LogP) is 0.915. The normalized spacial score (nSPS) is 30.3. The van der Waals surface area contributed by atoms with Crippen molar-refractivity contribution in [3.63, 3.8) is 0 Å². The summed E-state index contributed by atoms with van der Waals surface area (Å²) in [6.07, 6.45) is 5.71. The average molecular weight is 210 g/mol. The molecule has 0 aromatic carbocycles. The van der Waals surface area contributed by atoms with E-state index in [0.717, 1.165) is 12.8 Å². The fourth-order valence-electron chi connectivity index (χ4n) is 2.70. The predicted molar refractivity (Wildman–Crippen MR) is 51.8 cm³/mol. The number of allylic oxidation sites excluding steroid dienone is 2. The van der Waals surface area contributed by atoms with Gasteiger partial charge >= 0.3 is 11.9 Å². The lowest BCUT2D eigenvalue weighted by molar-refractivity contribution is -0.162. The zero-order valence-corrected chi connectivity index (χ0v) is 8.86. The summed E-state index contributed by atoms with van der Waals surface area (Å²) >= 11 is 0. The lowest BCUT2D eigenvalue weighted by atomic mass is 10.0. The summed E-state index contributed by atoms with van der Waals surface area (Å²) in [5, 5.41) is 0. The molecule has 0 aromatic heterocycles. The fraction of sp³-hybridized carbons (Fsp3) is 0.636. The van der Waals surface area contributed by atoms with Crippen LogP contribution in [0, 0.1) is 17.3 Å². The lowest BCUT2D eigenvalue weighted by Gasteiger charge is -2.11. The molecule has 1 fully saturated rings. The van der Waals surface area contributed by atoms with E-state index >= 15 is 0 Å². The second kappa shape index (κ2) is 3.36. The number of esters is 2. The van der Waals surface area contributed by atoms with Crippen molar-refractivity contribution in [1.29, 1.82) is 0 Å². The van der Waals surface area contributed by atoms with Crippen LogP contribution in [0.2, 0.25) is 0 Å². The van der Waals surface area contributed by atoms with E-state index in [0.29, 0.717) is 0 Å². The van der Waals surface area contributed by atoms with Gasteiger partial charge in [0.1, 0.15) is 0 Å². The Balaban J connectivity index is 2.31. The van der Waals surface area contributed by atoms with Crippen LogP contribution >= 0.6 is 0 Å². The molecule has 2 atom stereocenters. The molecule has 0 bridgehead atoms. The highest BCUT2D eigenvalue weighted by atomic mass is 16.5. The Morgan fingerprint density at radius 2 is 1.87 bits per heavy atom. The highest BCUT2D eigenvalue weighted by Crippen LogP contribution is 2.64. The van der Waals surface area contributed by atoms with Crippen LogP contribution in [0.15, 0.2) is 12.2 Å². The van der Waals surface area contributed by atoms with Crippen molar-refractivity contribution in [3.8, 4) is 0 Å². The smallest absolute Gasteiger partial charge is 0.324 e. The van der Waals surface area contributed by atoms with E-state index in [9.17, 15) is 9.59 Å². The third-order valence-corrected chi connectivity index (χ3v) is 3.47. The number of rotatable bonds is 2. The minimum absolute atomic E-state index is 0.0221. The van der Waals surface area contributed by atoms with Crippen molar-refractivity contribution in [2.24, 2.45) is 17.3 Å². The number of ether oxygens (including phenoxy) is 2. The Hall–Kier alpha value is -1.32. The average Bonchev–Trinajstić information content (AvgIpc) is 2.97. The van der Waals surface area contributed by atoms with Gasteiger partial charge in [0.25, 0.3) is 0 Å². The molecule has 15 heavy (non-hydrogen) atoms. The van der Waals surface area contributed by atoms with Gasteiger partial charge in [-0.15, -0.1) is 0 Å². The van der Waals surface area contributed by atoms with Gasteiger partial charge in [0, 0.05) is 5.92 Å². The Bertz CT molecular complexity index is 315. The van der Waals surface area contributed by atoms with Gasteiger partial charge in [-0.25, -0.2) is 0 Å². The molecule has 0 amide bonds. The van der Waals surface area contributed by atoms with Crippen LogP contribution in [0.4, 0.5) is 0 Å². The van der Waals surface area contributed by atoms with Gasteiger partial charge in [-0.1, -0.05) is 12.2 Å². The molecule has 4 heteroatoms. The van der Waals surface area contributed by atoms with Crippen molar-refractivity contribution in [2.45, 2.75) is 12.8 Å². The zero-order chi connectivity index (χ0) is 11.1. The summed E-state index contributed by atoms with van der Waals surface area (Å²) in [6.45, 7) is 0. The molecule has 82 valence electrons. The Kier molecular flexibility index (Phi) is 2.29. The third-order valence-electron chi connectivity index (χ3n) is 3.47. The monoisotopic (exact) mass is 210 g/mol. The highest BCUT2D eigenvalue weighted by molar-refractivity contribution is 6.05. The second-order valence-corrected chi connectivity index (χ2v) is 3.99. The molecular weight excluding hydrogens is 196 g/mol. The van der Waals surface area contributed by atoms with Crippen molar-refractivity contribution in [3.05, 3.63) is 12.2 Å². The Morgan fingerprint density at radius 3 is 2.27 bits per heavy atom. The van der Waals surface area contributed by atoms with Crippen LogP contribution < -0.4 is 0 Å². The minimum Gasteiger partial charge on any atom is -0.468 e. The molecule has 2 aliphatic carbocycles. The number of methoxy groups -OCH3 is 2. The Morgan fingerprint density at radius 1 is 1.27 bits per heavy atom. The number of carbonyl (C=O) groups is 2. The van der Waals surface area contributed by atoms with Gasteiger partial charge in [-0.3, -0.25) is 9.59 Å². The van der Waals surface area contributed by atoms with Crippen LogP contribution in [0.5, 0.6) is 0 Å². The van der Waals surface area contributed by atoms with E-state index in [1.165, 1.54) is 14.2 Å². The van der Waals surface area contributed by atoms with Gasteiger partial charge in [0.15, 0.2) is 5.41 Å². The van der Waals surface area contributed by atoms with Gasteiger partial charge in [-0.2, -0.15) is 0 Å². The van der Waals surface area contributed by atoms with Crippen LogP contribution in [0.1, 0.15) is 12.8 Å². The fourth-order valence-corrected chi connectivity index (χ4v) is 2.70. The summed E-state index contributed by atoms with van der Waals surface area (Å²) in [6, 6.07) is 0. The molecule has 0 aromatic rings. The van der Waals surface area contributed by atoms with E-state index in [4.69, 9.17) is 9.47 Å². The molecule has 0 saturated heterocycles. The molecule has 0 radical (unpaired) electrons. The van der Waals surface area contributed by atoms with Gasteiger partial charge in [0.05, 0.1) is 14.2 Å². The van der Waals surface area contributed by atoms with Crippen molar-refractivity contribution in [2.75, 3.05) is 14.2 Å². The first-order chi connectivity index (χ1) is 7.19. The maximum absolute atomic E-state index is 11.7. The molecule has 2 unspecified atom stereocenters. The van der Waals surface area contributed by atoms with Crippen LogP contribution in [0.3, 0.4) is 0 Å². The van der Waals surface area contributed by atoms with Gasteiger partial charge in [0.2, 0.25) is 0 Å². The van der Waals surface area contributed by atoms with Crippen molar-refractivity contribution >= 4 is 11.9 Å². The molecule has 0 spiro atoms. The quantitative estimate of drug-likeness (QED) is 0.386. The summed E-state index contributed by atoms with van der Waals surface area (Å²) in [7, 11) is 2.61. The van der Waals surface area contributed by atoms with E-state index in [1.807, 2.05) is 12.2 Å². The van der Waals surface area contributed by atoms with Crippen LogP contribution in [-0.2, 0) is 19.1 Å². The molecule has 1 saturated carbocycles. The SMILES string of the molecule is COC(=O)C1(C(=O)OC)C2C=CCCC21. The number of carbonyl (C=O) groups excluding carboxylic acids is 2. The zero-order valence-electron chi connectivity index (χ0n) is 8.86. The standard InChI is InChI=1S/C11H14O4/c1-14-9(12)11(10(13)15-2)7-5-3-4-6-8(7)11/h3,5,7-8H,4,6H2,1-2H3. The molecule has 2 aliphatic rings. The summed E-state index contributed by atoms with van der Waals surface area (Å²) in [4.78, 5) is 23.4. The first-order valence-corrected chi connectivity index (χ1v) is 5.03. The topological polar surface area (TPSA) is 52.6 Å². The first kappa shape index (κ1) is 10.2. The van der Waals surface area contributed by atoms with Crippen LogP contribution in [-0.4, -0.2) is 26.2 Å². The number of fused-ring (bicyclic) bond motifs is 1.